The van der Waals surface area contributed by atoms with Gasteiger partial charge in [-0.05, 0) is 0 Å². The van der Waals surface area contributed by atoms with E-state index in [9.17, 15) is 0 Å². The van der Waals surface area contributed by atoms with Crippen LogP contribution in [0.5, 0.6) is 0 Å². The first-order chi connectivity index (χ1) is 2.77. The van der Waals surface area contributed by atoms with Gasteiger partial charge >= 0.3 is 0 Å². The average molecular weight is 91.0 g/mol. The fraction of sp³-hybridized carbons (Fsp3) is 0. The highest BCUT2D eigenvalue weighted by Gasteiger charge is 1.79. The minimum atomic E-state index is -1.17. The molecule has 0 heterocycles. The molecule has 6 heteroatoms. The second-order valence-corrected chi connectivity index (χ2v) is 0.397. The van der Waals surface area contributed by atoms with Crippen molar-refractivity contribution in [1.82, 2.24) is 0 Å². The van der Waals surface area contributed by atoms with E-state index in [0.29, 0.717) is 0 Å². The Labute approximate surface area is 32.3 Å². The van der Waals surface area contributed by atoms with Gasteiger partial charge in [0.2, 0.25) is 5.28 Å². The Morgan fingerprint density at radius 3 is 2.50 bits per heavy atom. The molecule has 6 nitrogen and oxygen atoms in total. The minimum Gasteiger partial charge on any atom is -0.218 e. The molecule has 0 rings (SSSR count). The number of hydrogen-bond donors (Lipinski definition) is 1. The molecule has 0 aliphatic carbocycles. The normalized spacial score (nSPS) is 6.67. The van der Waals surface area contributed by atoms with E-state index in [-0.39, 0.29) is 0 Å². The van der Waals surface area contributed by atoms with Gasteiger partial charge in [-0.3, -0.25) is 0 Å². The molecule has 0 radical (unpaired) electrons. The largest absolute Gasteiger partial charge is 0.218 e. The van der Waals surface area contributed by atoms with Gasteiger partial charge in [-0.1, -0.05) is 5.53 Å². The van der Waals surface area contributed by atoms with Crippen LogP contribution in [0.1, 0.15) is 0 Å². The summed E-state index contributed by atoms with van der Waals surface area (Å²) >= 11 is 0. The Morgan fingerprint density at radius 2 is 2.50 bits per heavy atom. The lowest BCUT2D eigenvalue weighted by atomic mass is 12.9. The molecule has 0 saturated heterocycles. The van der Waals surface area contributed by atoms with Crippen LogP contribution in [0.4, 0.5) is 0 Å². The Morgan fingerprint density at radius 1 is 2.00 bits per heavy atom. The molecule has 0 unspecified atom stereocenters. The third-order valence-electron chi connectivity index (χ3n) is 0.107. The first-order valence-corrected chi connectivity index (χ1v) is 0.954. The van der Waals surface area contributed by atoms with Crippen molar-refractivity contribution >= 4 is 0 Å². The molecule has 0 aromatic heterocycles. The predicted octanol–water partition coefficient (Wildman–Crippen LogP) is 0.141. The van der Waals surface area contributed by atoms with Crippen LogP contribution < -0.4 is 0 Å². The summed E-state index contributed by atoms with van der Waals surface area (Å²) in [5, 5.41) is 9.78. The molecular formula is HN3O3. The van der Waals surface area contributed by atoms with Gasteiger partial charge in [0.25, 0.3) is 0 Å². The van der Waals surface area contributed by atoms with Gasteiger partial charge in [-0.15, -0.1) is 4.94 Å². The predicted molar refractivity (Wildman–Crippen MR) is 13.2 cm³/mol. The van der Waals surface area contributed by atoms with Crippen LogP contribution in [-0.4, -0.2) is 5.09 Å². The van der Waals surface area contributed by atoms with Gasteiger partial charge in [0.05, 0.1) is 0 Å². The zero-order valence-electron chi connectivity index (χ0n) is 2.62. The van der Waals surface area contributed by atoms with Crippen LogP contribution in [-0.2, 0) is 4.94 Å². The Bertz CT molecular complexity index is 66.4. The SMILES string of the molecule is N=NO[N+](=O)[O-]. The van der Waals surface area contributed by atoms with Crippen molar-refractivity contribution in [3.05, 3.63) is 10.1 Å². The van der Waals surface area contributed by atoms with Crippen LogP contribution in [0, 0.1) is 15.6 Å². The number of nitrogens with one attached hydrogen (secondary N) is 1. The number of hydrogen-bond acceptors (Lipinski definition) is 5. The topological polar surface area (TPSA) is 88.6 Å². The summed E-state index contributed by atoms with van der Waals surface area (Å²) in [7, 11) is 0. The van der Waals surface area contributed by atoms with E-state index in [4.69, 9.17) is 15.6 Å². The minimum absolute atomic E-state index is 1.17. The third kappa shape index (κ3) is 2.80. The van der Waals surface area contributed by atoms with Gasteiger partial charge in [0, 0.05) is 0 Å². The van der Waals surface area contributed by atoms with E-state index < -0.39 is 5.09 Å². The molecule has 0 spiro atoms. The zero-order chi connectivity index (χ0) is 4.99. The molecule has 34 valence electrons. The Kier molecular flexibility index (Phi) is 1.65. The highest BCUT2D eigenvalue weighted by Crippen LogP contribution is 1.68. The van der Waals surface area contributed by atoms with Gasteiger partial charge in [0.15, 0.2) is 5.09 Å². The Balaban J connectivity index is 3.05. The molecular weight excluding hydrogens is 90.0 g/mol. The van der Waals surface area contributed by atoms with Crippen molar-refractivity contribution in [2.24, 2.45) is 5.28 Å². The van der Waals surface area contributed by atoms with Crippen molar-refractivity contribution in [3.8, 4) is 0 Å². The van der Waals surface area contributed by atoms with Crippen LogP contribution in [0.2, 0.25) is 0 Å². The van der Waals surface area contributed by atoms with Crippen molar-refractivity contribution in [1.29, 1.82) is 5.53 Å². The van der Waals surface area contributed by atoms with E-state index >= 15 is 0 Å². The first-order valence-electron chi connectivity index (χ1n) is 0.954. The standard InChI is InChI=1S/HN3O3/c1-2-6-3(4)5/h1H. The fourth-order valence-corrected chi connectivity index (χ4v) is 0.0333. The smallest absolute Gasteiger partial charge is 0.209 e. The summed E-state index contributed by atoms with van der Waals surface area (Å²) in [5.41, 5.74) is 5.69. The average Bonchev–Trinajstić information content (AvgIpc) is 1.35. The molecule has 0 atom stereocenters. The maximum Gasteiger partial charge on any atom is 0.209 e. The summed E-state index contributed by atoms with van der Waals surface area (Å²) in [6.45, 7) is 0. The van der Waals surface area contributed by atoms with Crippen molar-refractivity contribution in [3.63, 3.8) is 0 Å². The maximum absolute atomic E-state index is 8.97. The molecule has 0 aliphatic rings. The molecule has 0 aromatic rings. The molecule has 0 bridgehead atoms. The second kappa shape index (κ2) is 2.06. The van der Waals surface area contributed by atoms with Crippen LogP contribution in [0.25, 0.3) is 0 Å². The molecule has 0 fully saturated rings. The lowest BCUT2D eigenvalue weighted by molar-refractivity contribution is -0.763. The summed E-state index contributed by atoms with van der Waals surface area (Å²) in [4.78, 5) is 12.0. The van der Waals surface area contributed by atoms with Crippen molar-refractivity contribution < 1.29 is 10.0 Å². The Hall–Kier alpha value is -1.20. The van der Waals surface area contributed by atoms with E-state index in [0.717, 1.165) is 0 Å². The van der Waals surface area contributed by atoms with Crippen LogP contribution >= 0.6 is 0 Å². The highest BCUT2D eigenvalue weighted by atomic mass is 17.0. The number of nitrogens with zero attached hydrogens (tertiary/aromatic N) is 2. The van der Waals surface area contributed by atoms with Gasteiger partial charge in [-0.2, -0.15) is 0 Å². The second-order valence-electron chi connectivity index (χ2n) is 0.397. The summed E-state index contributed by atoms with van der Waals surface area (Å²) in [6.07, 6.45) is 0. The summed E-state index contributed by atoms with van der Waals surface area (Å²) in [5.74, 6) is 0. The summed E-state index contributed by atoms with van der Waals surface area (Å²) in [6, 6.07) is 0. The highest BCUT2D eigenvalue weighted by molar-refractivity contribution is 3.86. The molecule has 0 aliphatic heterocycles. The molecule has 6 heavy (non-hydrogen) atoms. The molecule has 0 saturated carbocycles. The third-order valence-corrected chi connectivity index (χ3v) is 0.107. The first kappa shape index (κ1) is 4.80. The quantitative estimate of drug-likeness (QED) is 0.297. The van der Waals surface area contributed by atoms with Crippen LogP contribution in [0.3, 0.4) is 0 Å². The van der Waals surface area contributed by atoms with E-state index in [1.165, 1.54) is 0 Å². The van der Waals surface area contributed by atoms with E-state index in [1.807, 2.05) is 5.28 Å². The van der Waals surface area contributed by atoms with Crippen LogP contribution in [0.15, 0.2) is 5.28 Å². The van der Waals surface area contributed by atoms with Gasteiger partial charge in [-0.25, -0.2) is 10.1 Å². The molecule has 0 aromatic carbocycles. The lowest BCUT2D eigenvalue weighted by Crippen LogP contribution is -1.90. The van der Waals surface area contributed by atoms with Crippen molar-refractivity contribution in [2.75, 3.05) is 0 Å². The van der Waals surface area contributed by atoms with Crippen molar-refractivity contribution in [2.45, 2.75) is 0 Å². The molecule has 1 N–H and O–H groups in total. The summed E-state index contributed by atoms with van der Waals surface area (Å²) < 4.78 is 0. The lowest BCUT2D eigenvalue weighted by Gasteiger charge is -1.76. The van der Waals surface area contributed by atoms with Gasteiger partial charge < -0.3 is 0 Å². The zero-order valence-corrected chi connectivity index (χ0v) is 2.62. The number of rotatable bonds is 2. The van der Waals surface area contributed by atoms with Gasteiger partial charge in [0.1, 0.15) is 0 Å². The maximum atomic E-state index is 8.97. The monoisotopic (exact) mass is 91.0 g/mol. The molecule has 0 amide bonds. The fourth-order valence-electron chi connectivity index (χ4n) is 0.0333. The van der Waals surface area contributed by atoms with E-state index in [2.05, 4.69) is 4.94 Å². The van der Waals surface area contributed by atoms with E-state index in [1.54, 1.807) is 0 Å².